The maximum Gasteiger partial charge on any atom is 0.223 e. The zero-order valence-electron chi connectivity index (χ0n) is 15.7. The minimum absolute atomic E-state index is 0.142. The lowest BCUT2D eigenvalue weighted by Gasteiger charge is -2.40. The Morgan fingerprint density at radius 3 is 2.52 bits per heavy atom. The molecule has 2 aromatic rings. The van der Waals surface area contributed by atoms with Gasteiger partial charge in [0, 0.05) is 38.8 Å². The topological polar surface area (TPSA) is 41.4 Å². The molecule has 0 aliphatic carbocycles. The first-order chi connectivity index (χ1) is 12.0. The van der Waals surface area contributed by atoms with Gasteiger partial charge in [-0.3, -0.25) is 9.48 Å². The molecule has 0 saturated carbocycles. The van der Waals surface area contributed by atoms with Crippen molar-refractivity contribution >= 4 is 5.91 Å². The van der Waals surface area contributed by atoms with Gasteiger partial charge in [0.2, 0.25) is 5.91 Å². The highest BCUT2D eigenvalue weighted by atomic mass is 16.2. The predicted molar refractivity (Wildman–Crippen MR) is 99.4 cm³/mol. The van der Waals surface area contributed by atoms with Crippen molar-refractivity contribution in [1.82, 2.24) is 19.6 Å². The number of hydrogen-bond acceptors (Lipinski definition) is 3. The second-order valence-electron chi connectivity index (χ2n) is 7.05. The molecule has 0 unspecified atom stereocenters. The van der Waals surface area contributed by atoms with Crippen LogP contribution < -0.4 is 0 Å². The average molecular weight is 340 g/mol. The van der Waals surface area contributed by atoms with Crippen LogP contribution >= 0.6 is 0 Å². The number of piperazine rings is 1. The summed E-state index contributed by atoms with van der Waals surface area (Å²) in [6, 6.07) is 10.5. The number of benzene rings is 1. The van der Waals surface area contributed by atoms with E-state index >= 15 is 0 Å². The van der Waals surface area contributed by atoms with Crippen molar-refractivity contribution in [3.8, 4) is 0 Å². The summed E-state index contributed by atoms with van der Waals surface area (Å²) in [6.45, 7) is 6.71. The van der Waals surface area contributed by atoms with Crippen LogP contribution in [0.2, 0.25) is 0 Å². The van der Waals surface area contributed by atoms with Crippen LogP contribution in [0.1, 0.15) is 35.0 Å². The molecule has 0 radical (unpaired) electrons. The van der Waals surface area contributed by atoms with Gasteiger partial charge in [0.1, 0.15) is 0 Å². The summed E-state index contributed by atoms with van der Waals surface area (Å²) in [7, 11) is 4.08. The van der Waals surface area contributed by atoms with E-state index in [4.69, 9.17) is 0 Å². The van der Waals surface area contributed by atoms with E-state index in [1.54, 1.807) is 0 Å². The zero-order chi connectivity index (χ0) is 18.0. The number of likely N-dealkylation sites (N-methyl/N-ethyl adjacent to an activating group) is 1. The molecule has 25 heavy (non-hydrogen) atoms. The number of amides is 1. The van der Waals surface area contributed by atoms with Crippen LogP contribution in [0.4, 0.5) is 0 Å². The first-order valence-corrected chi connectivity index (χ1v) is 8.99. The van der Waals surface area contributed by atoms with Crippen molar-refractivity contribution in [3.63, 3.8) is 0 Å². The van der Waals surface area contributed by atoms with Crippen LogP contribution in [0.15, 0.2) is 30.3 Å². The van der Waals surface area contributed by atoms with Gasteiger partial charge in [-0.2, -0.15) is 5.10 Å². The zero-order valence-corrected chi connectivity index (χ0v) is 15.7. The van der Waals surface area contributed by atoms with Gasteiger partial charge in [0.05, 0.1) is 11.7 Å². The summed E-state index contributed by atoms with van der Waals surface area (Å²) in [5.41, 5.74) is 4.62. The Morgan fingerprint density at radius 1 is 1.16 bits per heavy atom. The highest BCUT2D eigenvalue weighted by Gasteiger charge is 2.30. The maximum atomic E-state index is 13.0. The molecule has 3 rings (SSSR count). The molecule has 1 aliphatic rings. The fourth-order valence-corrected chi connectivity index (χ4v) is 3.73. The molecule has 134 valence electrons. The molecule has 5 nitrogen and oxygen atoms in total. The highest BCUT2D eigenvalue weighted by Crippen LogP contribution is 2.26. The van der Waals surface area contributed by atoms with Crippen LogP contribution in [-0.2, 0) is 18.3 Å². The molecule has 0 spiro atoms. The van der Waals surface area contributed by atoms with Crippen molar-refractivity contribution in [3.05, 3.63) is 52.8 Å². The predicted octanol–water partition coefficient (Wildman–Crippen LogP) is 2.48. The molecular weight excluding hydrogens is 312 g/mol. The lowest BCUT2D eigenvalue weighted by molar-refractivity contribution is -0.136. The molecule has 1 aromatic carbocycles. The van der Waals surface area contributed by atoms with E-state index in [9.17, 15) is 4.79 Å². The minimum Gasteiger partial charge on any atom is -0.333 e. The summed E-state index contributed by atoms with van der Waals surface area (Å²) >= 11 is 0. The van der Waals surface area contributed by atoms with Crippen molar-refractivity contribution in [2.24, 2.45) is 7.05 Å². The number of hydrogen-bond donors (Lipinski definition) is 0. The number of carbonyl (C=O) groups is 1. The van der Waals surface area contributed by atoms with Gasteiger partial charge in [0.25, 0.3) is 0 Å². The largest absolute Gasteiger partial charge is 0.333 e. The van der Waals surface area contributed by atoms with E-state index in [0.717, 1.165) is 37.4 Å². The van der Waals surface area contributed by atoms with E-state index in [1.165, 1.54) is 11.1 Å². The number of rotatable bonds is 4. The van der Waals surface area contributed by atoms with Crippen molar-refractivity contribution < 1.29 is 4.79 Å². The van der Waals surface area contributed by atoms with Crippen LogP contribution in [0, 0.1) is 13.8 Å². The molecule has 5 heteroatoms. The van der Waals surface area contributed by atoms with Gasteiger partial charge in [-0.25, -0.2) is 0 Å². The average Bonchev–Trinajstić information content (AvgIpc) is 2.85. The smallest absolute Gasteiger partial charge is 0.223 e. The van der Waals surface area contributed by atoms with E-state index in [1.807, 2.05) is 24.7 Å². The summed E-state index contributed by atoms with van der Waals surface area (Å²) in [5, 5.41) is 4.46. The fourth-order valence-electron chi connectivity index (χ4n) is 3.73. The van der Waals surface area contributed by atoms with Gasteiger partial charge in [-0.05, 0) is 38.4 Å². The van der Waals surface area contributed by atoms with Gasteiger partial charge in [0.15, 0.2) is 0 Å². The molecule has 2 heterocycles. The first kappa shape index (κ1) is 17.7. The minimum atomic E-state index is 0.142. The molecule has 1 saturated heterocycles. The summed E-state index contributed by atoms with van der Waals surface area (Å²) < 4.78 is 1.90. The summed E-state index contributed by atoms with van der Waals surface area (Å²) in [5.74, 6) is 0.240. The Morgan fingerprint density at radius 2 is 1.88 bits per heavy atom. The Hall–Kier alpha value is -2.14. The van der Waals surface area contributed by atoms with Gasteiger partial charge >= 0.3 is 0 Å². The van der Waals surface area contributed by atoms with E-state index < -0.39 is 0 Å². The highest BCUT2D eigenvalue weighted by molar-refractivity contribution is 5.77. The number of carbonyl (C=O) groups excluding carboxylic acids is 1. The van der Waals surface area contributed by atoms with E-state index in [0.29, 0.717) is 6.42 Å². The lowest BCUT2D eigenvalue weighted by Crippen LogP contribution is -2.49. The quantitative estimate of drug-likeness (QED) is 0.859. The molecule has 1 aromatic heterocycles. The Kier molecular flexibility index (Phi) is 5.23. The lowest BCUT2D eigenvalue weighted by atomic mass is 10.0. The number of nitrogens with zero attached hydrogens (tertiary/aromatic N) is 4. The maximum absolute atomic E-state index is 13.0. The van der Waals surface area contributed by atoms with Crippen LogP contribution in [0.3, 0.4) is 0 Å². The summed E-state index contributed by atoms with van der Waals surface area (Å²) in [6.07, 6.45) is 1.30. The Labute approximate surface area is 150 Å². The van der Waals surface area contributed by atoms with E-state index in [-0.39, 0.29) is 11.9 Å². The Balaban J connectivity index is 1.73. The molecule has 1 fully saturated rings. The molecule has 1 atom stereocenters. The van der Waals surface area contributed by atoms with Crippen molar-refractivity contribution in [2.75, 3.05) is 26.7 Å². The number of aromatic nitrogens is 2. The molecule has 0 N–H and O–H groups in total. The molecule has 1 aliphatic heterocycles. The standard InChI is InChI=1S/C20H28N4O/c1-15-18(16(2)23(4)21-15)10-11-20(25)24-13-12-22(3)14-19(24)17-8-6-5-7-9-17/h5-9,19H,10-14H2,1-4H3/t19-/m0/s1. The molecular formula is C20H28N4O. The third kappa shape index (κ3) is 3.76. The third-order valence-corrected chi connectivity index (χ3v) is 5.34. The second-order valence-corrected chi connectivity index (χ2v) is 7.05. The van der Waals surface area contributed by atoms with Crippen molar-refractivity contribution in [1.29, 1.82) is 0 Å². The normalized spacial score (nSPS) is 18.6. The van der Waals surface area contributed by atoms with Gasteiger partial charge in [-0.15, -0.1) is 0 Å². The SMILES string of the molecule is Cc1nn(C)c(C)c1CCC(=O)N1CCN(C)C[C@H]1c1ccccc1. The first-order valence-electron chi connectivity index (χ1n) is 8.99. The van der Waals surface area contributed by atoms with Gasteiger partial charge in [-0.1, -0.05) is 30.3 Å². The fraction of sp³-hybridized carbons (Fsp3) is 0.500. The molecule has 0 bridgehead atoms. The van der Waals surface area contributed by atoms with Crippen LogP contribution in [-0.4, -0.2) is 52.2 Å². The summed E-state index contributed by atoms with van der Waals surface area (Å²) in [4.78, 5) is 17.3. The van der Waals surface area contributed by atoms with Crippen LogP contribution in [0.25, 0.3) is 0 Å². The third-order valence-electron chi connectivity index (χ3n) is 5.34. The monoisotopic (exact) mass is 340 g/mol. The molecule has 1 amide bonds. The van der Waals surface area contributed by atoms with E-state index in [2.05, 4.69) is 53.1 Å². The second kappa shape index (κ2) is 7.40. The van der Waals surface area contributed by atoms with Gasteiger partial charge < -0.3 is 9.80 Å². The number of aryl methyl sites for hydroxylation is 2. The van der Waals surface area contributed by atoms with Crippen molar-refractivity contribution in [2.45, 2.75) is 32.7 Å². The van der Waals surface area contributed by atoms with Crippen LogP contribution in [0.5, 0.6) is 0 Å². The Bertz CT molecular complexity index is 738.